The first-order chi connectivity index (χ1) is 32.3. The molecule has 20 heteroatoms. The van der Waals surface area contributed by atoms with Gasteiger partial charge in [-0.15, -0.1) is 0 Å². The van der Waals surface area contributed by atoms with Gasteiger partial charge in [0, 0.05) is 92.3 Å². The topological polar surface area (TPSA) is 209 Å². The van der Waals surface area contributed by atoms with Crippen molar-refractivity contribution in [1.82, 2.24) is 23.9 Å². The third-order valence-electron chi connectivity index (χ3n) is 13.4. The number of nitro benzene ring substituents is 1. The molecule has 0 saturated carbocycles. The summed E-state index contributed by atoms with van der Waals surface area (Å²) >= 11 is 6.25. The van der Waals surface area contributed by atoms with E-state index in [1.807, 2.05) is 25.1 Å². The molecule has 2 saturated heterocycles. The highest BCUT2D eigenvalue weighted by molar-refractivity contribution is 7.90. The highest BCUT2D eigenvalue weighted by Crippen LogP contribution is 2.44. The van der Waals surface area contributed by atoms with Gasteiger partial charge < -0.3 is 24.7 Å². The Morgan fingerprint density at radius 1 is 0.985 bits per heavy atom. The third kappa shape index (κ3) is 11.1. The largest absolute Gasteiger partial charge is 0.494 e. The number of anilines is 2. The number of rotatable bonds is 15. The Morgan fingerprint density at radius 2 is 1.71 bits per heavy atom. The first kappa shape index (κ1) is 48.7. The van der Waals surface area contributed by atoms with Crippen molar-refractivity contribution in [3.05, 3.63) is 111 Å². The number of ether oxygens (including phenoxy) is 2. The number of hydrogen-bond donors (Lipinski definition) is 3. The van der Waals surface area contributed by atoms with Gasteiger partial charge in [-0.05, 0) is 97.9 Å². The number of benzene rings is 3. The number of methoxy groups -OCH3 is 1. The second-order valence-electron chi connectivity index (χ2n) is 18.7. The summed E-state index contributed by atoms with van der Waals surface area (Å²) in [6.07, 6.45) is 8.57. The Kier molecular flexibility index (Phi) is 14.1. The van der Waals surface area contributed by atoms with E-state index in [1.165, 1.54) is 40.4 Å². The van der Waals surface area contributed by atoms with E-state index in [-0.39, 0.29) is 40.1 Å². The minimum absolute atomic E-state index is 0.0416. The van der Waals surface area contributed by atoms with Gasteiger partial charge in [0.1, 0.15) is 22.9 Å². The molecule has 1 amide bonds. The number of aromatic amines is 1. The number of hydrogen-bond acceptors (Lipinski definition) is 13. The summed E-state index contributed by atoms with van der Waals surface area (Å²) in [5.74, 6) is -0.799. The molecule has 4 heterocycles. The summed E-state index contributed by atoms with van der Waals surface area (Å²) in [7, 11) is -6.84. The number of amides is 1. The summed E-state index contributed by atoms with van der Waals surface area (Å²) in [5.41, 5.74) is 4.95. The van der Waals surface area contributed by atoms with Crippen molar-refractivity contribution in [3.63, 3.8) is 0 Å². The minimum atomic E-state index is -4.74. The van der Waals surface area contributed by atoms with Crippen molar-refractivity contribution in [2.24, 2.45) is 11.3 Å². The second-order valence-corrected chi connectivity index (χ2v) is 22.8. The number of H-pyrrole nitrogens is 1. The summed E-state index contributed by atoms with van der Waals surface area (Å²) in [4.78, 5) is 37.5. The summed E-state index contributed by atoms with van der Waals surface area (Å²) in [6.45, 7) is 10.9. The molecule has 3 aliphatic rings. The number of sulfonamides is 2. The highest BCUT2D eigenvalue weighted by Gasteiger charge is 2.34. The molecule has 0 bridgehead atoms. The number of piperidine rings is 1. The van der Waals surface area contributed by atoms with Gasteiger partial charge in [-0.1, -0.05) is 43.2 Å². The maximum Gasteiger partial charge on any atom is 0.297 e. The number of carbonyl (C=O) groups is 1. The van der Waals surface area contributed by atoms with Crippen molar-refractivity contribution >= 4 is 71.2 Å². The maximum absolute atomic E-state index is 14.1. The highest BCUT2D eigenvalue weighted by atomic mass is 35.5. The molecular formula is C48H57ClN8O9S2. The SMILES string of the molecule is COc1cc(S(=O)(=O)NC(=O)c2ccc(N3CCN(CC4=C(c5ccc(Cl)cc5)CC(C)(C)CC4)CC3)cc2Oc2cnc3[nH]ccc3c2)cc([N+](=O)[O-])c1N[C@@H](C)C1CCN(S(C)(=O)=O)CC1. The molecule has 362 valence electrons. The minimum Gasteiger partial charge on any atom is -0.494 e. The zero-order chi connectivity index (χ0) is 48.5. The molecule has 2 aliphatic heterocycles. The predicted molar refractivity (Wildman–Crippen MR) is 264 cm³/mol. The number of aromatic nitrogens is 2. The van der Waals surface area contributed by atoms with E-state index in [1.54, 1.807) is 24.4 Å². The smallest absolute Gasteiger partial charge is 0.297 e. The molecule has 5 aromatic rings. The average molecular weight is 990 g/mol. The molecule has 2 aromatic heterocycles. The standard InChI is InChI=1S/C48H57ClN8O9S2/c1-31(32-14-18-56(19-15-32)67(5,61)62)52-45-42(57(59)60)26-39(27-44(45)65-4)68(63,64)53-47(58)40-11-10-37(25-43(40)66-38-24-34-13-17-50-46(34)51-29-38)55-22-20-54(21-23-55)30-35-12-16-48(2,3)28-41(35)33-6-8-36(49)9-7-33/h6-11,13,17,24-27,29,31-32,52H,12,14-16,18-23,28,30H2,1-5H3,(H,50,51)(H,53,58)/t31-/m0/s1. The molecule has 0 radical (unpaired) electrons. The van der Waals surface area contributed by atoms with Gasteiger partial charge in [-0.25, -0.2) is 30.8 Å². The van der Waals surface area contributed by atoms with Crippen molar-refractivity contribution in [2.45, 2.75) is 63.8 Å². The van der Waals surface area contributed by atoms with Crippen LogP contribution in [0, 0.1) is 21.4 Å². The van der Waals surface area contributed by atoms with E-state index in [9.17, 15) is 31.7 Å². The van der Waals surface area contributed by atoms with Gasteiger partial charge in [0.2, 0.25) is 10.0 Å². The van der Waals surface area contributed by atoms with Crippen LogP contribution in [0.2, 0.25) is 5.02 Å². The molecule has 0 spiro atoms. The van der Waals surface area contributed by atoms with Crippen LogP contribution >= 0.6 is 11.6 Å². The summed E-state index contributed by atoms with van der Waals surface area (Å²) < 4.78 is 67.5. The van der Waals surface area contributed by atoms with Crippen LogP contribution in [0.5, 0.6) is 17.2 Å². The van der Waals surface area contributed by atoms with E-state index in [4.69, 9.17) is 21.1 Å². The lowest BCUT2D eigenvalue weighted by Gasteiger charge is -2.39. The Bertz CT molecular complexity index is 2960. The van der Waals surface area contributed by atoms with Crippen molar-refractivity contribution < 1.29 is 36.0 Å². The number of carbonyl (C=O) groups excluding carboxylic acids is 1. The third-order valence-corrected chi connectivity index (χ3v) is 16.3. The monoisotopic (exact) mass is 988 g/mol. The molecule has 0 unspecified atom stereocenters. The summed E-state index contributed by atoms with van der Waals surface area (Å²) in [6, 6.07) is 18.3. The number of fused-ring (bicyclic) bond motifs is 1. The molecule has 68 heavy (non-hydrogen) atoms. The molecule has 3 N–H and O–H groups in total. The van der Waals surface area contributed by atoms with E-state index in [0.717, 1.165) is 68.4 Å². The lowest BCUT2D eigenvalue weighted by atomic mass is 9.72. The van der Waals surface area contributed by atoms with E-state index < -0.39 is 41.5 Å². The number of nitro groups is 1. The second kappa shape index (κ2) is 19.7. The van der Waals surface area contributed by atoms with Crippen LogP contribution in [-0.2, 0) is 20.0 Å². The number of nitrogens with one attached hydrogen (secondary N) is 3. The summed E-state index contributed by atoms with van der Waals surface area (Å²) in [5, 5.41) is 17.1. The van der Waals surface area contributed by atoms with Crippen molar-refractivity contribution in [2.75, 3.05) is 69.4 Å². The van der Waals surface area contributed by atoms with Gasteiger partial charge in [-0.2, -0.15) is 0 Å². The average Bonchev–Trinajstić information content (AvgIpc) is 3.78. The molecule has 1 atom stereocenters. The van der Waals surface area contributed by atoms with E-state index in [2.05, 4.69) is 55.8 Å². The van der Waals surface area contributed by atoms with Gasteiger partial charge in [0.05, 0.1) is 34.9 Å². The number of halogens is 1. The van der Waals surface area contributed by atoms with Gasteiger partial charge in [0.15, 0.2) is 5.69 Å². The number of nitrogens with zero attached hydrogens (tertiary/aromatic N) is 5. The van der Waals surface area contributed by atoms with E-state index >= 15 is 0 Å². The first-order valence-corrected chi connectivity index (χ1v) is 26.3. The zero-order valence-corrected chi connectivity index (χ0v) is 41.1. The van der Waals surface area contributed by atoms with Gasteiger partial charge in [0.25, 0.3) is 21.6 Å². The van der Waals surface area contributed by atoms with Crippen LogP contribution in [0.1, 0.15) is 68.8 Å². The fourth-order valence-corrected chi connectivity index (χ4v) is 11.5. The molecule has 3 aromatic carbocycles. The zero-order valence-electron chi connectivity index (χ0n) is 38.8. The van der Waals surface area contributed by atoms with Crippen LogP contribution in [0.4, 0.5) is 17.1 Å². The number of piperazine rings is 1. The predicted octanol–water partition coefficient (Wildman–Crippen LogP) is 8.30. The molecular weight excluding hydrogens is 932 g/mol. The Hall–Kier alpha value is -5.73. The van der Waals surface area contributed by atoms with Crippen LogP contribution in [0.3, 0.4) is 0 Å². The van der Waals surface area contributed by atoms with Crippen LogP contribution < -0.4 is 24.4 Å². The van der Waals surface area contributed by atoms with Crippen molar-refractivity contribution in [1.29, 1.82) is 0 Å². The first-order valence-electron chi connectivity index (χ1n) is 22.6. The fraction of sp³-hybridized carbons (Fsp3) is 0.417. The van der Waals surface area contributed by atoms with Crippen molar-refractivity contribution in [3.8, 4) is 17.2 Å². The Morgan fingerprint density at radius 3 is 2.38 bits per heavy atom. The van der Waals surface area contributed by atoms with Crippen LogP contribution in [0.15, 0.2) is 89.6 Å². The van der Waals surface area contributed by atoms with Gasteiger partial charge >= 0.3 is 0 Å². The molecule has 8 rings (SSSR count). The van der Waals surface area contributed by atoms with Crippen LogP contribution in [-0.4, -0.2) is 112 Å². The Labute approximate surface area is 402 Å². The molecule has 1 aliphatic carbocycles. The lowest BCUT2D eigenvalue weighted by Crippen LogP contribution is -2.47. The quantitative estimate of drug-likeness (QED) is 0.0667. The number of pyridine rings is 1. The fourth-order valence-electron chi connectivity index (χ4n) is 9.45. The van der Waals surface area contributed by atoms with Crippen LogP contribution in [0.25, 0.3) is 16.6 Å². The van der Waals surface area contributed by atoms with E-state index in [0.29, 0.717) is 55.4 Å². The maximum atomic E-state index is 14.1. The molecule has 2 fully saturated rings. The normalized spacial score (nSPS) is 18.1. The molecule has 17 nitrogen and oxygen atoms in total. The van der Waals surface area contributed by atoms with Gasteiger partial charge in [-0.3, -0.25) is 19.8 Å². The lowest BCUT2D eigenvalue weighted by molar-refractivity contribution is -0.384. The number of allylic oxidation sites excluding steroid dienone is 1. The Balaban J connectivity index is 1.02.